The Labute approximate surface area is 126 Å². The van der Waals surface area contributed by atoms with E-state index >= 15 is 0 Å². The van der Waals surface area contributed by atoms with Gasteiger partial charge in [-0.15, -0.1) is 11.3 Å². The highest BCUT2D eigenvalue weighted by Crippen LogP contribution is 2.16. The molecule has 0 aromatic carbocycles. The van der Waals surface area contributed by atoms with Crippen molar-refractivity contribution >= 4 is 17.2 Å². The van der Waals surface area contributed by atoms with Gasteiger partial charge in [-0.2, -0.15) is 0 Å². The topological polar surface area (TPSA) is 24.8 Å². The molecule has 1 aromatic heterocycles. The molecule has 3 nitrogen and oxygen atoms in total. The van der Waals surface area contributed by atoms with Crippen LogP contribution in [-0.4, -0.2) is 37.0 Å². The highest BCUT2D eigenvalue weighted by Gasteiger charge is 2.31. The summed E-state index contributed by atoms with van der Waals surface area (Å²) in [5.41, 5.74) is 1.40. The monoisotopic (exact) mass is 295 g/mol. The second-order valence-corrected chi connectivity index (χ2v) is 6.76. The summed E-state index contributed by atoms with van der Waals surface area (Å²) < 4.78 is 0. The maximum Gasteiger partial charge on any atom is 0.231 e. The summed E-state index contributed by atoms with van der Waals surface area (Å²) in [6.07, 6.45) is 2.25. The lowest BCUT2D eigenvalue weighted by Gasteiger charge is -2.32. The van der Waals surface area contributed by atoms with Gasteiger partial charge in [-0.1, -0.05) is 0 Å². The minimum atomic E-state index is 0.235. The lowest BCUT2D eigenvalue weighted by atomic mass is 9.96. The van der Waals surface area contributed by atoms with Crippen LogP contribution in [-0.2, 0) is 11.3 Å². The Hall–Kier alpha value is -0.870. The number of piperidine rings is 1. The van der Waals surface area contributed by atoms with Crippen LogP contribution in [0.1, 0.15) is 37.1 Å². The minimum absolute atomic E-state index is 0.235. The van der Waals surface area contributed by atoms with E-state index in [9.17, 15) is 4.79 Å². The van der Waals surface area contributed by atoms with Crippen molar-refractivity contribution in [3.8, 4) is 0 Å². The first-order valence-electron chi connectivity index (χ1n) is 7.81. The van der Waals surface area contributed by atoms with Crippen molar-refractivity contribution in [2.75, 3.05) is 26.2 Å². The molecule has 1 amide bonds. The van der Waals surface area contributed by atoms with Gasteiger partial charge in [0.1, 0.15) is 6.54 Å². The summed E-state index contributed by atoms with van der Waals surface area (Å²) in [4.78, 5) is 17.5. The highest BCUT2D eigenvalue weighted by molar-refractivity contribution is 7.10. The first kappa shape index (κ1) is 15.5. The zero-order chi connectivity index (χ0) is 14.5. The average Bonchev–Trinajstić information content (AvgIpc) is 2.86. The molecule has 20 heavy (non-hydrogen) atoms. The van der Waals surface area contributed by atoms with E-state index < -0.39 is 0 Å². The lowest BCUT2D eigenvalue weighted by Crippen LogP contribution is -3.12. The van der Waals surface area contributed by atoms with E-state index in [0.29, 0.717) is 5.91 Å². The van der Waals surface area contributed by atoms with E-state index in [1.54, 1.807) is 4.90 Å². The number of aryl methyl sites for hydroxylation is 1. The number of nitrogens with one attached hydrogen (secondary N) is 1. The highest BCUT2D eigenvalue weighted by atomic mass is 32.1. The molecular formula is C16H27N2OS+. The first-order chi connectivity index (χ1) is 9.65. The van der Waals surface area contributed by atoms with Crippen LogP contribution in [0.15, 0.2) is 11.4 Å². The maximum absolute atomic E-state index is 12.5. The van der Waals surface area contributed by atoms with E-state index in [4.69, 9.17) is 0 Å². The van der Waals surface area contributed by atoms with Crippen molar-refractivity contribution in [2.45, 2.75) is 40.2 Å². The Morgan fingerprint density at radius 2 is 2.20 bits per heavy atom. The smallest absolute Gasteiger partial charge is 0.231 e. The molecule has 1 unspecified atom stereocenters. The van der Waals surface area contributed by atoms with Gasteiger partial charge in [0.2, 0.25) is 5.91 Å². The molecule has 112 valence electrons. The summed E-state index contributed by atoms with van der Waals surface area (Å²) in [6.45, 7) is 11.3. The molecule has 4 heteroatoms. The number of quaternary nitrogens is 1. The number of amides is 1. The molecule has 2 rings (SSSR count). The lowest BCUT2D eigenvalue weighted by molar-refractivity contribution is -0.920. The van der Waals surface area contributed by atoms with Gasteiger partial charge in [-0.25, -0.2) is 0 Å². The van der Waals surface area contributed by atoms with Crippen LogP contribution in [0.5, 0.6) is 0 Å². The number of carbonyl (C=O) groups excluding carboxylic acids is 1. The molecular weight excluding hydrogens is 268 g/mol. The van der Waals surface area contributed by atoms with Gasteiger partial charge in [0.25, 0.3) is 0 Å². The van der Waals surface area contributed by atoms with E-state index in [-0.39, 0.29) is 5.92 Å². The van der Waals surface area contributed by atoms with Crippen LogP contribution in [0.3, 0.4) is 0 Å². The van der Waals surface area contributed by atoms with Gasteiger partial charge < -0.3 is 9.80 Å². The fraction of sp³-hybridized carbons (Fsp3) is 0.688. The largest absolute Gasteiger partial charge is 0.343 e. The van der Waals surface area contributed by atoms with Crippen molar-refractivity contribution in [3.05, 3.63) is 21.9 Å². The van der Waals surface area contributed by atoms with Gasteiger partial charge >= 0.3 is 0 Å². The Morgan fingerprint density at radius 3 is 2.80 bits per heavy atom. The van der Waals surface area contributed by atoms with Crippen molar-refractivity contribution in [2.24, 2.45) is 5.92 Å². The summed E-state index contributed by atoms with van der Waals surface area (Å²) >= 11 is 1.85. The van der Waals surface area contributed by atoms with Crippen LogP contribution in [0, 0.1) is 12.8 Å². The van der Waals surface area contributed by atoms with Crippen molar-refractivity contribution in [1.29, 1.82) is 0 Å². The third kappa shape index (κ3) is 3.61. The van der Waals surface area contributed by atoms with E-state index in [0.717, 1.165) is 32.6 Å². The zero-order valence-electron chi connectivity index (χ0n) is 12.9. The zero-order valence-corrected chi connectivity index (χ0v) is 13.8. The van der Waals surface area contributed by atoms with E-state index in [2.05, 4.69) is 32.2 Å². The van der Waals surface area contributed by atoms with Gasteiger partial charge in [0, 0.05) is 13.1 Å². The Bertz CT molecular complexity index is 439. The summed E-state index contributed by atoms with van der Waals surface area (Å²) in [6, 6.07) is 2.20. The SMILES string of the molecule is CCN(CC)C(=O)[C@H]1CCC[NH+](Cc2sccc2C)C1. The number of nitrogens with zero attached hydrogens (tertiary/aromatic N) is 1. The molecule has 0 spiro atoms. The molecule has 2 atom stereocenters. The van der Waals surface area contributed by atoms with Gasteiger partial charge in [-0.3, -0.25) is 4.79 Å². The number of likely N-dealkylation sites (tertiary alicyclic amines) is 1. The van der Waals surface area contributed by atoms with Crippen molar-refractivity contribution in [1.82, 2.24) is 4.90 Å². The number of carbonyl (C=O) groups is 1. The maximum atomic E-state index is 12.5. The Morgan fingerprint density at radius 1 is 1.45 bits per heavy atom. The molecule has 0 aliphatic carbocycles. The number of hydrogen-bond donors (Lipinski definition) is 1. The molecule has 1 aliphatic rings. The fourth-order valence-corrected chi connectivity index (χ4v) is 4.11. The van der Waals surface area contributed by atoms with Crippen LogP contribution in [0.25, 0.3) is 0 Å². The first-order valence-corrected chi connectivity index (χ1v) is 8.69. The fourth-order valence-electron chi connectivity index (χ4n) is 3.13. The number of rotatable bonds is 5. The Balaban J connectivity index is 1.95. The molecule has 1 saturated heterocycles. The molecule has 0 bridgehead atoms. The third-order valence-corrected chi connectivity index (χ3v) is 5.44. The van der Waals surface area contributed by atoms with Crippen LogP contribution < -0.4 is 4.90 Å². The van der Waals surface area contributed by atoms with Gasteiger partial charge in [0.15, 0.2) is 0 Å². The van der Waals surface area contributed by atoms with Gasteiger partial charge in [-0.05, 0) is 50.6 Å². The van der Waals surface area contributed by atoms with Crippen LogP contribution >= 0.6 is 11.3 Å². The van der Waals surface area contributed by atoms with Crippen LogP contribution in [0.2, 0.25) is 0 Å². The minimum Gasteiger partial charge on any atom is -0.343 e. The molecule has 1 aliphatic heterocycles. The summed E-state index contributed by atoms with van der Waals surface area (Å²) in [7, 11) is 0. The second kappa shape index (κ2) is 7.23. The number of thiophene rings is 1. The van der Waals surface area contributed by atoms with Crippen LogP contribution in [0.4, 0.5) is 0 Å². The van der Waals surface area contributed by atoms with E-state index in [1.165, 1.54) is 23.4 Å². The molecule has 1 fully saturated rings. The normalized spacial score (nSPS) is 22.8. The standard InChI is InChI=1S/C16H26N2OS/c1-4-18(5-2)16(19)14-7-6-9-17(11-14)12-15-13(3)8-10-20-15/h8,10,14H,4-7,9,11-12H2,1-3H3/p+1/t14-/m0/s1. The van der Waals surface area contributed by atoms with E-state index in [1.807, 2.05) is 16.2 Å². The van der Waals surface area contributed by atoms with Gasteiger partial charge in [0.05, 0.1) is 23.9 Å². The molecule has 2 heterocycles. The van der Waals surface area contributed by atoms with Crippen molar-refractivity contribution < 1.29 is 9.69 Å². The molecule has 0 saturated carbocycles. The predicted octanol–water partition coefficient (Wildman–Crippen LogP) is 1.72. The summed E-state index contributed by atoms with van der Waals surface area (Å²) in [5.74, 6) is 0.606. The third-order valence-electron chi connectivity index (χ3n) is 4.42. The van der Waals surface area contributed by atoms with Crippen molar-refractivity contribution in [3.63, 3.8) is 0 Å². The summed E-state index contributed by atoms with van der Waals surface area (Å²) in [5, 5.41) is 2.17. The molecule has 1 aromatic rings. The quantitative estimate of drug-likeness (QED) is 0.879. The second-order valence-electron chi connectivity index (χ2n) is 5.76. The molecule has 0 radical (unpaired) electrons. The average molecular weight is 295 g/mol. The molecule has 1 N–H and O–H groups in total. The Kier molecular flexibility index (Phi) is 5.61. The predicted molar refractivity (Wildman–Crippen MR) is 84.1 cm³/mol. The number of hydrogen-bond acceptors (Lipinski definition) is 2.